The topological polar surface area (TPSA) is 69.4 Å². The molecule has 4 rings (SSSR count). The molecule has 6 nitrogen and oxygen atoms in total. The highest BCUT2D eigenvalue weighted by molar-refractivity contribution is 8.00. The molecular formula is C26H37F4N3O3S. The van der Waals surface area contributed by atoms with Gasteiger partial charge < -0.3 is 14.6 Å². The average molecular weight is 548 g/mol. The van der Waals surface area contributed by atoms with Crippen molar-refractivity contribution in [1.29, 1.82) is 0 Å². The second-order valence-electron chi connectivity index (χ2n) is 10.4. The molecule has 11 heteroatoms. The largest absolute Gasteiger partial charge is 0.386 e. The van der Waals surface area contributed by atoms with Crippen molar-refractivity contribution < 1.29 is 32.1 Å². The fraction of sp³-hybridized carbons (Fsp3) is 0.769. The lowest BCUT2D eigenvalue weighted by Crippen LogP contribution is -2.55. The molecule has 3 aliphatic rings. The van der Waals surface area contributed by atoms with E-state index in [9.17, 15) is 22.7 Å². The summed E-state index contributed by atoms with van der Waals surface area (Å²) in [7, 11) is 0. The minimum atomic E-state index is -1.46. The number of ether oxygens (including phenoxy) is 2. The van der Waals surface area contributed by atoms with Crippen LogP contribution in [0.2, 0.25) is 0 Å². The van der Waals surface area contributed by atoms with E-state index < -0.39 is 47.7 Å². The van der Waals surface area contributed by atoms with Crippen LogP contribution in [0.25, 0.3) is 0 Å². The number of hydrogen-bond acceptors (Lipinski definition) is 6. The van der Waals surface area contributed by atoms with Crippen LogP contribution in [0.3, 0.4) is 0 Å². The van der Waals surface area contributed by atoms with E-state index in [2.05, 4.69) is 10.1 Å². The molecular weight excluding hydrogens is 510 g/mol. The Labute approximate surface area is 219 Å². The van der Waals surface area contributed by atoms with E-state index in [0.717, 1.165) is 0 Å². The van der Waals surface area contributed by atoms with E-state index in [4.69, 9.17) is 9.47 Å². The van der Waals surface area contributed by atoms with Crippen molar-refractivity contribution in [3.63, 3.8) is 0 Å². The van der Waals surface area contributed by atoms with Gasteiger partial charge in [-0.05, 0) is 31.8 Å². The molecule has 37 heavy (non-hydrogen) atoms. The van der Waals surface area contributed by atoms with E-state index in [1.165, 1.54) is 29.1 Å². The predicted octanol–water partition coefficient (Wildman–Crippen LogP) is 4.94. The Morgan fingerprint density at radius 3 is 2.35 bits per heavy atom. The lowest BCUT2D eigenvalue weighted by Gasteiger charge is -2.45. The highest BCUT2D eigenvalue weighted by Crippen LogP contribution is 2.43. The predicted molar refractivity (Wildman–Crippen MR) is 134 cm³/mol. The van der Waals surface area contributed by atoms with Crippen molar-refractivity contribution in [1.82, 2.24) is 14.8 Å². The van der Waals surface area contributed by atoms with Crippen molar-refractivity contribution in [2.75, 3.05) is 13.2 Å². The minimum Gasteiger partial charge on any atom is -0.386 e. The third-order valence-corrected chi connectivity index (χ3v) is 9.20. The van der Waals surface area contributed by atoms with Crippen molar-refractivity contribution in [3.8, 4) is 0 Å². The first kappa shape index (κ1) is 28.6. The number of aliphatic hydroxyl groups is 1. The van der Waals surface area contributed by atoms with Gasteiger partial charge in [-0.15, -0.1) is 11.8 Å². The third kappa shape index (κ3) is 7.58. The summed E-state index contributed by atoms with van der Waals surface area (Å²) in [6, 6.07) is 0. The summed E-state index contributed by atoms with van der Waals surface area (Å²) in [4.78, 5) is 3.92. The molecule has 0 bridgehead atoms. The van der Waals surface area contributed by atoms with E-state index in [1.807, 2.05) is 6.92 Å². The van der Waals surface area contributed by atoms with Gasteiger partial charge in [-0.25, -0.2) is 22.5 Å². The molecule has 208 valence electrons. The molecule has 0 aromatic carbocycles. The van der Waals surface area contributed by atoms with Gasteiger partial charge in [-0.1, -0.05) is 25.2 Å². The zero-order chi connectivity index (χ0) is 26.4. The van der Waals surface area contributed by atoms with Crippen molar-refractivity contribution in [2.24, 2.45) is 11.8 Å². The van der Waals surface area contributed by atoms with Crippen LogP contribution in [0.5, 0.6) is 0 Å². The molecule has 2 saturated carbocycles. The molecule has 0 amide bonds. The summed E-state index contributed by atoms with van der Waals surface area (Å²) in [5, 5.41) is 15.4. The molecule has 2 aliphatic carbocycles. The summed E-state index contributed by atoms with van der Waals surface area (Å²) >= 11 is 1.46. The molecule has 8 atom stereocenters. The highest BCUT2D eigenvalue weighted by atomic mass is 32.2. The van der Waals surface area contributed by atoms with Gasteiger partial charge in [0.25, 0.3) is 0 Å². The van der Waals surface area contributed by atoms with Crippen molar-refractivity contribution in [3.05, 3.63) is 37.0 Å². The number of aromatic nitrogens is 3. The van der Waals surface area contributed by atoms with Crippen molar-refractivity contribution >= 4 is 11.8 Å². The molecule has 3 fully saturated rings. The van der Waals surface area contributed by atoms with Crippen LogP contribution in [-0.2, 0) is 16.0 Å². The van der Waals surface area contributed by atoms with Crippen LogP contribution >= 0.6 is 11.8 Å². The number of halogens is 4. The Hall–Kier alpha value is -1.43. The number of alkyl halides is 4. The summed E-state index contributed by atoms with van der Waals surface area (Å²) in [5.41, 5.74) is -1.46. The maximum Gasteiger partial charge on any atom is 0.177 e. The second-order valence-corrected chi connectivity index (χ2v) is 12.1. The van der Waals surface area contributed by atoms with Gasteiger partial charge >= 0.3 is 0 Å². The number of nitrogens with zero attached hydrogens (tertiary/aromatic N) is 3. The number of allylic oxidation sites excluding steroid dienone is 3. The lowest BCUT2D eigenvalue weighted by molar-refractivity contribution is -0.146. The summed E-state index contributed by atoms with van der Waals surface area (Å²) in [6.07, 6.45) is 5.58. The SMILES string of the molecule is C[C@@H](SC1COC(/C=C/C=C/C2CCC(F)CC2F)OC1)[C@](O)(Cn1cncn1)C1CCC(F)CC1F. The number of hydrogen-bond donors (Lipinski definition) is 1. The Morgan fingerprint density at radius 1 is 1.03 bits per heavy atom. The van der Waals surface area contributed by atoms with Crippen LogP contribution < -0.4 is 0 Å². The van der Waals surface area contributed by atoms with Gasteiger partial charge in [0.05, 0.1) is 25.0 Å². The second kappa shape index (κ2) is 13.1. The number of thioether (sulfide) groups is 1. The minimum absolute atomic E-state index is 0.0396. The normalized spacial score (nSPS) is 38.1. The van der Waals surface area contributed by atoms with E-state index >= 15 is 0 Å². The molecule has 6 unspecified atom stereocenters. The third-order valence-electron chi connectivity index (χ3n) is 7.72. The Bertz CT molecular complexity index is 886. The molecule has 1 aromatic rings. The summed E-state index contributed by atoms with van der Waals surface area (Å²) < 4.78 is 69.0. The highest BCUT2D eigenvalue weighted by Gasteiger charge is 2.49. The lowest BCUT2D eigenvalue weighted by atomic mass is 9.73. The molecule has 1 saturated heterocycles. The van der Waals surface area contributed by atoms with Gasteiger partial charge in [-0.2, -0.15) is 5.10 Å². The molecule has 1 aromatic heterocycles. The van der Waals surface area contributed by atoms with Crippen molar-refractivity contribution in [2.45, 2.75) is 99.1 Å². The fourth-order valence-corrected chi connectivity index (χ4v) is 6.89. The zero-order valence-electron chi connectivity index (χ0n) is 21.0. The monoisotopic (exact) mass is 547 g/mol. The summed E-state index contributed by atoms with van der Waals surface area (Å²) in [5.74, 6) is -0.991. The van der Waals surface area contributed by atoms with Crippen LogP contribution in [-0.4, -0.2) is 80.2 Å². The van der Waals surface area contributed by atoms with E-state index in [1.54, 1.807) is 24.3 Å². The molecule has 0 spiro atoms. The smallest absolute Gasteiger partial charge is 0.177 e. The first-order valence-electron chi connectivity index (χ1n) is 13.1. The molecule has 0 radical (unpaired) electrons. The molecule has 1 N–H and O–H groups in total. The van der Waals surface area contributed by atoms with Crippen LogP contribution in [0.1, 0.15) is 45.4 Å². The summed E-state index contributed by atoms with van der Waals surface area (Å²) in [6.45, 7) is 2.65. The first-order chi connectivity index (χ1) is 17.7. The standard InChI is InChI=1S/C26H37F4N3O3S/c1-17(26(34,14-33-16-31-15-32-33)22-9-8-20(28)11-24(22)30)37-21-12-35-25(36-13-21)5-3-2-4-18-6-7-19(27)10-23(18)29/h2-5,15-25,34H,6-14H2,1H3/b4-2+,5-3+/t17-,18?,19?,20?,21?,22?,23?,24?,25?,26-/m1/s1. The molecule has 2 heterocycles. The van der Waals surface area contributed by atoms with Gasteiger partial charge in [-0.3, -0.25) is 4.68 Å². The van der Waals surface area contributed by atoms with Gasteiger partial charge in [0.15, 0.2) is 6.29 Å². The Balaban J connectivity index is 1.29. The first-order valence-corrected chi connectivity index (χ1v) is 14.0. The van der Waals surface area contributed by atoms with E-state index in [0.29, 0.717) is 26.1 Å². The van der Waals surface area contributed by atoms with Crippen LogP contribution in [0.4, 0.5) is 17.6 Å². The van der Waals surface area contributed by atoms with E-state index in [-0.39, 0.29) is 43.4 Å². The van der Waals surface area contributed by atoms with Crippen LogP contribution in [0, 0.1) is 11.8 Å². The maximum atomic E-state index is 15.0. The maximum absolute atomic E-state index is 15.0. The zero-order valence-corrected chi connectivity index (χ0v) is 21.9. The average Bonchev–Trinajstić information content (AvgIpc) is 3.36. The fourth-order valence-electron chi connectivity index (χ4n) is 5.52. The van der Waals surface area contributed by atoms with Gasteiger partial charge in [0.2, 0.25) is 0 Å². The van der Waals surface area contributed by atoms with Crippen LogP contribution in [0.15, 0.2) is 37.0 Å². The number of rotatable bonds is 9. The Kier molecular flexibility index (Phi) is 10.1. The Morgan fingerprint density at radius 2 is 1.70 bits per heavy atom. The quantitative estimate of drug-likeness (QED) is 0.349. The van der Waals surface area contributed by atoms with Gasteiger partial charge in [0, 0.05) is 29.9 Å². The van der Waals surface area contributed by atoms with Gasteiger partial charge in [0.1, 0.15) is 42.9 Å². The molecule has 1 aliphatic heterocycles.